The predicted molar refractivity (Wildman–Crippen MR) is 111 cm³/mol. The number of carbonyl (C=O) groups excluding carboxylic acids is 1. The van der Waals surface area contributed by atoms with Crippen LogP contribution in [0.1, 0.15) is 25.0 Å². The van der Waals surface area contributed by atoms with E-state index in [4.69, 9.17) is 9.47 Å². The van der Waals surface area contributed by atoms with Crippen molar-refractivity contribution in [2.24, 2.45) is 0 Å². The molecular formula is C20H24BrNO3S. The molecule has 2 aromatic rings. The number of thioether (sulfide) groups is 1. The molecule has 140 valence electrons. The second-order valence-corrected chi connectivity index (χ2v) is 7.95. The summed E-state index contributed by atoms with van der Waals surface area (Å²) in [5, 5.41) is 2.94. The summed E-state index contributed by atoms with van der Waals surface area (Å²) < 4.78 is 12.1. The molecule has 0 atom stereocenters. The normalized spacial score (nSPS) is 10.7. The van der Waals surface area contributed by atoms with Crippen molar-refractivity contribution in [3.8, 4) is 11.5 Å². The molecule has 0 fully saturated rings. The number of hydrogen-bond donors (Lipinski definition) is 1. The van der Waals surface area contributed by atoms with Gasteiger partial charge >= 0.3 is 0 Å². The third kappa shape index (κ3) is 6.92. The topological polar surface area (TPSA) is 47.6 Å². The maximum Gasteiger partial charge on any atom is 0.230 e. The smallest absolute Gasteiger partial charge is 0.230 e. The van der Waals surface area contributed by atoms with Crippen molar-refractivity contribution >= 4 is 33.6 Å². The third-order valence-corrected chi connectivity index (χ3v) is 5.03. The Labute approximate surface area is 167 Å². The van der Waals surface area contributed by atoms with Crippen molar-refractivity contribution in [3.63, 3.8) is 0 Å². The molecule has 2 aromatic carbocycles. The number of rotatable bonds is 9. The number of nitrogens with one attached hydrogen (secondary N) is 1. The largest absolute Gasteiger partial charge is 0.493 e. The average molecular weight is 438 g/mol. The van der Waals surface area contributed by atoms with Gasteiger partial charge in [0.15, 0.2) is 11.5 Å². The summed E-state index contributed by atoms with van der Waals surface area (Å²) >= 11 is 5.02. The van der Waals surface area contributed by atoms with Gasteiger partial charge in [-0.05, 0) is 49.2 Å². The van der Waals surface area contributed by atoms with Crippen LogP contribution in [-0.4, -0.2) is 24.9 Å². The van der Waals surface area contributed by atoms with Crippen LogP contribution in [-0.2, 0) is 17.1 Å². The van der Waals surface area contributed by atoms with E-state index in [1.165, 1.54) is 5.56 Å². The van der Waals surface area contributed by atoms with Gasteiger partial charge in [0, 0.05) is 16.8 Å². The SMILES string of the molecule is COc1cc(CNC(=O)CSCc2ccc(Br)cc2)ccc1OC(C)C. The first-order valence-electron chi connectivity index (χ1n) is 8.40. The van der Waals surface area contributed by atoms with Gasteiger partial charge in [0.2, 0.25) is 5.91 Å². The minimum absolute atomic E-state index is 0.0218. The van der Waals surface area contributed by atoms with Crippen LogP contribution in [0.2, 0.25) is 0 Å². The molecule has 0 radical (unpaired) electrons. The van der Waals surface area contributed by atoms with Gasteiger partial charge in [0.05, 0.1) is 19.0 Å². The number of benzene rings is 2. The van der Waals surface area contributed by atoms with Crippen LogP contribution in [0.25, 0.3) is 0 Å². The lowest BCUT2D eigenvalue weighted by molar-refractivity contribution is -0.118. The Morgan fingerprint density at radius 1 is 1.12 bits per heavy atom. The molecule has 0 saturated carbocycles. The molecule has 26 heavy (non-hydrogen) atoms. The highest BCUT2D eigenvalue weighted by Crippen LogP contribution is 2.29. The molecule has 4 nitrogen and oxygen atoms in total. The summed E-state index contributed by atoms with van der Waals surface area (Å²) in [5.41, 5.74) is 2.18. The summed E-state index contributed by atoms with van der Waals surface area (Å²) in [6.07, 6.45) is 0.0807. The molecule has 1 amide bonds. The fourth-order valence-electron chi connectivity index (χ4n) is 2.27. The second-order valence-electron chi connectivity index (χ2n) is 6.05. The molecule has 0 aromatic heterocycles. The van der Waals surface area contributed by atoms with Crippen molar-refractivity contribution in [2.45, 2.75) is 32.2 Å². The zero-order valence-electron chi connectivity index (χ0n) is 15.3. The van der Waals surface area contributed by atoms with Gasteiger partial charge < -0.3 is 14.8 Å². The van der Waals surface area contributed by atoms with Crippen molar-refractivity contribution < 1.29 is 14.3 Å². The van der Waals surface area contributed by atoms with Gasteiger partial charge in [0.25, 0.3) is 0 Å². The molecule has 0 aliphatic carbocycles. The summed E-state index contributed by atoms with van der Waals surface area (Å²) in [7, 11) is 1.61. The van der Waals surface area contributed by atoms with Gasteiger partial charge in [-0.25, -0.2) is 0 Å². The number of hydrogen-bond acceptors (Lipinski definition) is 4. The zero-order valence-corrected chi connectivity index (χ0v) is 17.7. The molecule has 1 N–H and O–H groups in total. The molecule has 0 heterocycles. The first-order chi connectivity index (χ1) is 12.5. The zero-order chi connectivity index (χ0) is 18.9. The van der Waals surface area contributed by atoms with E-state index < -0.39 is 0 Å². The van der Waals surface area contributed by atoms with E-state index in [0.717, 1.165) is 15.8 Å². The number of methoxy groups -OCH3 is 1. The van der Waals surface area contributed by atoms with Crippen LogP contribution < -0.4 is 14.8 Å². The fraction of sp³-hybridized carbons (Fsp3) is 0.350. The molecule has 0 aliphatic heterocycles. The van der Waals surface area contributed by atoms with Gasteiger partial charge in [-0.1, -0.05) is 34.1 Å². The van der Waals surface area contributed by atoms with Crippen LogP contribution in [0.3, 0.4) is 0 Å². The van der Waals surface area contributed by atoms with Gasteiger partial charge in [-0.3, -0.25) is 4.79 Å². The first-order valence-corrected chi connectivity index (χ1v) is 10.3. The lowest BCUT2D eigenvalue weighted by Gasteiger charge is -2.14. The number of ether oxygens (including phenoxy) is 2. The molecule has 0 unspecified atom stereocenters. The van der Waals surface area contributed by atoms with Gasteiger partial charge in [0.1, 0.15) is 0 Å². The predicted octanol–water partition coefficient (Wildman–Crippen LogP) is 4.79. The van der Waals surface area contributed by atoms with E-state index in [1.807, 2.05) is 44.2 Å². The van der Waals surface area contributed by atoms with Gasteiger partial charge in [-0.15, -0.1) is 11.8 Å². The van der Waals surface area contributed by atoms with E-state index in [0.29, 0.717) is 23.8 Å². The maximum atomic E-state index is 12.0. The number of amides is 1. The minimum atomic E-state index is 0.0218. The quantitative estimate of drug-likeness (QED) is 0.612. The van der Waals surface area contributed by atoms with Crippen LogP contribution in [0.4, 0.5) is 0 Å². The summed E-state index contributed by atoms with van der Waals surface area (Å²) in [6, 6.07) is 13.8. The van der Waals surface area contributed by atoms with E-state index >= 15 is 0 Å². The minimum Gasteiger partial charge on any atom is -0.493 e. The van der Waals surface area contributed by atoms with Crippen molar-refractivity contribution in [1.82, 2.24) is 5.32 Å². The summed E-state index contributed by atoms with van der Waals surface area (Å²) in [5.74, 6) is 2.66. The Kier molecular flexibility index (Phi) is 8.32. The Hall–Kier alpha value is -1.66. The monoisotopic (exact) mass is 437 g/mol. The Morgan fingerprint density at radius 3 is 2.46 bits per heavy atom. The van der Waals surface area contributed by atoms with Crippen LogP contribution in [0.15, 0.2) is 46.9 Å². The Balaban J connectivity index is 1.78. The molecule has 2 rings (SSSR count). The van der Waals surface area contributed by atoms with Crippen molar-refractivity contribution in [1.29, 1.82) is 0 Å². The number of carbonyl (C=O) groups is 1. The van der Waals surface area contributed by atoms with Crippen LogP contribution in [0, 0.1) is 0 Å². The highest BCUT2D eigenvalue weighted by Gasteiger charge is 2.08. The number of halogens is 1. The molecule has 6 heteroatoms. The Bertz CT molecular complexity index is 719. The van der Waals surface area contributed by atoms with E-state index in [2.05, 4.69) is 33.4 Å². The standard InChI is InChI=1S/C20H24BrNO3S/c1-14(2)25-18-9-6-16(10-19(18)24-3)11-22-20(23)13-26-12-15-4-7-17(21)8-5-15/h4-10,14H,11-13H2,1-3H3,(H,22,23). The van der Waals surface area contributed by atoms with Crippen molar-refractivity contribution in [2.75, 3.05) is 12.9 Å². The molecular weight excluding hydrogens is 414 g/mol. The van der Waals surface area contributed by atoms with Crippen LogP contribution in [0.5, 0.6) is 11.5 Å². The van der Waals surface area contributed by atoms with Crippen molar-refractivity contribution in [3.05, 3.63) is 58.1 Å². The van der Waals surface area contributed by atoms with E-state index in [9.17, 15) is 4.79 Å². The highest BCUT2D eigenvalue weighted by molar-refractivity contribution is 9.10. The molecule has 0 bridgehead atoms. The second kappa shape index (κ2) is 10.5. The lowest BCUT2D eigenvalue weighted by Crippen LogP contribution is -2.24. The molecule has 0 saturated heterocycles. The molecule has 0 spiro atoms. The Morgan fingerprint density at radius 2 is 1.81 bits per heavy atom. The molecule has 0 aliphatic rings. The van der Waals surface area contributed by atoms with E-state index in [1.54, 1.807) is 18.9 Å². The summed E-state index contributed by atoms with van der Waals surface area (Å²) in [6.45, 7) is 4.41. The third-order valence-electron chi connectivity index (χ3n) is 3.50. The highest BCUT2D eigenvalue weighted by atomic mass is 79.9. The lowest BCUT2D eigenvalue weighted by atomic mass is 10.2. The van der Waals surface area contributed by atoms with Gasteiger partial charge in [-0.2, -0.15) is 0 Å². The van der Waals surface area contributed by atoms with E-state index in [-0.39, 0.29) is 12.0 Å². The average Bonchev–Trinajstić information content (AvgIpc) is 2.62. The first kappa shape index (κ1) is 20.6. The van der Waals surface area contributed by atoms with Crippen LogP contribution >= 0.6 is 27.7 Å². The fourth-order valence-corrected chi connectivity index (χ4v) is 3.35. The summed E-state index contributed by atoms with van der Waals surface area (Å²) in [4.78, 5) is 12.0. The maximum absolute atomic E-state index is 12.0.